The van der Waals surface area contributed by atoms with Gasteiger partial charge in [0.05, 0.1) is 5.69 Å². The average Bonchev–Trinajstić information content (AvgIpc) is 3.55. The molecule has 1 aliphatic heterocycles. The van der Waals surface area contributed by atoms with Gasteiger partial charge in [0.2, 0.25) is 0 Å². The molecule has 0 atom stereocenters. The van der Waals surface area contributed by atoms with Crippen molar-refractivity contribution >= 4 is 28.1 Å². The lowest BCUT2D eigenvalue weighted by atomic mass is 9.94. The van der Waals surface area contributed by atoms with Crippen LogP contribution in [0.25, 0.3) is 0 Å². The Morgan fingerprint density at radius 3 is 2.62 bits per heavy atom. The van der Waals surface area contributed by atoms with Crippen LogP contribution in [0, 0.1) is 0 Å². The van der Waals surface area contributed by atoms with Crippen molar-refractivity contribution < 1.29 is 4.79 Å². The zero-order chi connectivity index (χ0) is 23.2. The van der Waals surface area contributed by atoms with E-state index in [1.165, 1.54) is 22.6 Å². The zero-order valence-electron chi connectivity index (χ0n) is 19.1. The standard InChI is InChI=1S/C27H29N5OS/c33-26(25-9-5-17-32(25)16-4-6-21-10-14-28-15-11-21)30-27-29-24(20-34-27)22-12-18-31(19-13-22)23-7-2-1-3-8-23/h1-3,5,7-11,14-15,17,20,22H,4,6,12-13,16,18-19H2,(H,29,30,33). The topological polar surface area (TPSA) is 63.1 Å². The van der Waals surface area contributed by atoms with Gasteiger partial charge < -0.3 is 9.47 Å². The SMILES string of the molecule is O=C(Nc1nc(C2CCN(c3ccccc3)CC2)cs1)c1cccn1CCCc1ccncc1. The van der Waals surface area contributed by atoms with Crippen LogP contribution in [0.3, 0.4) is 0 Å². The summed E-state index contributed by atoms with van der Waals surface area (Å²) in [6, 6.07) is 18.5. The number of hydrogen-bond acceptors (Lipinski definition) is 5. The molecule has 0 spiro atoms. The zero-order valence-corrected chi connectivity index (χ0v) is 20.0. The number of pyridine rings is 1. The van der Waals surface area contributed by atoms with Gasteiger partial charge in [-0.3, -0.25) is 15.1 Å². The number of carbonyl (C=O) groups is 1. The number of nitrogens with zero attached hydrogens (tertiary/aromatic N) is 4. The number of thiazole rings is 1. The number of carbonyl (C=O) groups excluding carboxylic acids is 1. The van der Waals surface area contributed by atoms with Crippen molar-refractivity contribution in [3.63, 3.8) is 0 Å². The molecule has 1 amide bonds. The monoisotopic (exact) mass is 471 g/mol. The van der Waals surface area contributed by atoms with Crippen molar-refractivity contribution in [3.8, 4) is 0 Å². The molecular formula is C27H29N5OS. The molecule has 1 fully saturated rings. The summed E-state index contributed by atoms with van der Waals surface area (Å²) in [6.45, 7) is 2.85. The van der Waals surface area contributed by atoms with Crippen molar-refractivity contribution in [3.05, 3.63) is 95.5 Å². The van der Waals surface area contributed by atoms with Crippen molar-refractivity contribution in [2.45, 2.75) is 38.1 Å². The Kier molecular flexibility index (Phi) is 7.00. The van der Waals surface area contributed by atoms with Gasteiger partial charge in [0.15, 0.2) is 5.13 Å². The highest BCUT2D eigenvalue weighted by atomic mass is 32.1. The van der Waals surface area contributed by atoms with Crippen LogP contribution in [0.2, 0.25) is 0 Å². The summed E-state index contributed by atoms with van der Waals surface area (Å²) in [4.78, 5) is 24.2. The van der Waals surface area contributed by atoms with Crippen LogP contribution in [0.15, 0.2) is 78.6 Å². The third-order valence-electron chi connectivity index (χ3n) is 6.45. The second-order valence-corrected chi connectivity index (χ2v) is 9.53. The summed E-state index contributed by atoms with van der Waals surface area (Å²) in [5.41, 5.74) is 4.32. The Balaban J connectivity index is 1.14. The van der Waals surface area contributed by atoms with Gasteiger partial charge in [-0.2, -0.15) is 0 Å². The van der Waals surface area contributed by atoms with E-state index in [0.29, 0.717) is 16.7 Å². The van der Waals surface area contributed by atoms with Gasteiger partial charge in [-0.25, -0.2) is 4.98 Å². The van der Waals surface area contributed by atoms with Gasteiger partial charge in [0, 0.05) is 55.2 Å². The minimum atomic E-state index is -0.103. The first-order chi connectivity index (χ1) is 16.8. The number of aromatic nitrogens is 3. The van der Waals surface area contributed by atoms with E-state index >= 15 is 0 Å². The van der Waals surface area contributed by atoms with Crippen molar-refractivity contribution in [1.82, 2.24) is 14.5 Å². The number of anilines is 2. The number of hydrogen-bond donors (Lipinski definition) is 1. The van der Waals surface area contributed by atoms with Crippen LogP contribution in [-0.2, 0) is 13.0 Å². The Bertz CT molecular complexity index is 1200. The van der Waals surface area contributed by atoms with E-state index in [0.717, 1.165) is 51.0 Å². The predicted molar refractivity (Wildman–Crippen MR) is 138 cm³/mol. The first kappa shape index (κ1) is 22.3. The molecule has 1 N–H and O–H groups in total. The number of nitrogens with one attached hydrogen (secondary N) is 1. The number of benzene rings is 1. The van der Waals surface area contributed by atoms with E-state index in [2.05, 4.69) is 50.9 Å². The minimum Gasteiger partial charge on any atom is -0.371 e. The summed E-state index contributed by atoms with van der Waals surface area (Å²) in [5.74, 6) is 0.340. The molecule has 0 saturated carbocycles. The van der Waals surface area contributed by atoms with E-state index in [1.807, 2.05) is 47.4 Å². The van der Waals surface area contributed by atoms with Gasteiger partial charge in [-0.15, -0.1) is 11.3 Å². The molecule has 0 unspecified atom stereocenters. The van der Waals surface area contributed by atoms with E-state index in [-0.39, 0.29) is 5.91 Å². The molecule has 0 aliphatic carbocycles. The first-order valence-corrected chi connectivity index (χ1v) is 12.7. The molecule has 1 aromatic carbocycles. The number of para-hydroxylation sites is 1. The van der Waals surface area contributed by atoms with E-state index in [4.69, 9.17) is 4.98 Å². The number of amides is 1. The molecule has 0 bridgehead atoms. The number of piperidine rings is 1. The summed E-state index contributed by atoms with van der Waals surface area (Å²) < 4.78 is 2.02. The quantitative estimate of drug-likeness (QED) is 0.363. The Hall–Kier alpha value is -3.45. The lowest BCUT2D eigenvalue weighted by Crippen LogP contribution is -2.32. The molecule has 0 radical (unpaired) electrons. The molecule has 6 nitrogen and oxygen atoms in total. The van der Waals surface area contributed by atoms with Gasteiger partial charge >= 0.3 is 0 Å². The number of rotatable bonds is 8. The van der Waals surface area contributed by atoms with Crippen molar-refractivity contribution in [2.75, 3.05) is 23.3 Å². The smallest absolute Gasteiger partial charge is 0.274 e. The largest absolute Gasteiger partial charge is 0.371 e. The second kappa shape index (κ2) is 10.7. The molecule has 174 valence electrons. The summed E-state index contributed by atoms with van der Waals surface area (Å²) in [7, 11) is 0. The maximum Gasteiger partial charge on any atom is 0.274 e. The molecule has 1 aliphatic rings. The normalized spacial score (nSPS) is 14.3. The second-order valence-electron chi connectivity index (χ2n) is 8.67. The van der Waals surface area contributed by atoms with Crippen LogP contribution in [0.5, 0.6) is 0 Å². The average molecular weight is 472 g/mol. The van der Waals surface area contributed by atoms with Crippen LogP contribution in [0.4, 0.5) is 10.8 Å². The molecule has 4 aromatic rings. The Morgan fingerprint density at radius 2 is 1.82 bits per heavy atom. The van der Waals surface area contributed by atoms with E-state index in [1.54, 1.807) is 0 Å². The summed E-state index contributed by atoms with van der Waals surface area (Å²) in [6.07, 6.45) is 9.67. The molecule has 3 aromatic heterocycles. The van der Waals surface area contributed by atoms with Gasteiger partial charge in [-0.05, 0) is 67.6 Å². The van der Waals surface area contributed by atoms with Gasteiger partial charge in [0.25, 0.3) is 5.91 Å². The predicted octanol–water partition coefficient (Wildman–Crippen LogP) is 5.61. The molecule has 1 saturated heterocycles. The number of aryl methyl sites for hydroxylation is 2. The molecule has 7 heteroatoms. The summed E-state index contributed by atoms with van der Waals surface area (Å²) >= 11 is 1.52. The third kappa shape index (κ3) is 5.37. The Morgan fingerprint density at radius 1 is 1.03 bits per heavy atom. The molecule has 34 heavy (non-hydrogen) atoms. The maximum absolute atomic E-state index is 12.9. The van der Waals surface area contributed by atoms with Gasteiger partial charge in [0.1, 0.15) is 5.69 Å². The highest BCUT2D eigenvalue weighted by Crippen LogP contribution is 2.32. The van der Waals surface area contributed by atoms with Gasteiger partial charge in [-0.1, -0.05) is 18.2 Å². The molecule has 4 heterocycles. The van der Waals surface area contributed by atoms with Crippen LogP contribution in [0.1, 0.15) is 46.9 Å². The fourth-order valence-electron chi connectivity index (χ4n) is 4.58. The molecule has 5 rings (SSSR count). The van der Waals surface area contributed by atoms with E-state index < -0.39 is 0 Å². The minimum absolute atomic E-state index is 0.103. The first-order valence-electron chi connectivity index (χ1n) is 11.9. The maximum atomic E-state index is 12.9. The Labute approximate surface area is 204 Å². The molecular weight excluding hydrogens is 442 g/mol. The van der Waals surface area contributed by atoms with Crippen LogP contribution >= 0.6 is 11.3 Å². The van der Waals surface area contributed by atoms with Crippen molar-refractivity contribution in [1.29, 1.82) is 0 Å². The highest BCUT2D eigenvalue weighted by molar-refractivity contribution is 7.14. The van der Waals surface area contributed by atoms with Crippen LogP contribution < -0.4 is 10.2 Å². The summed E-state index contributed by atoms with van der Waals surface area (Å²) in [5, 5.41) is 5.80. The van der Waals surface area contributed by atoms with E-state index in [9.17, 15) is 4.79 Å². The fourth-order valence-corrected chi connectivity index (χ4v) is 5.37. The lowest BCUT2D eigenvalue weighted by molar-refractivity contribution is 0.101. The lowest BCUT2D eigenvalue weighted by Gasteiger charge is -2.33. The fraction of sp³-hybridized carbons (Fsp3) is 0.296. The third-order valence-corrected chi connectivity index (χ3v) is 7.23. The van der Waals surface area contributed by atoms with Crippen LogP contribution in [-0.4, -0.2) is 33.5 Å². The van der Waals surface area contributed by atoms with Crippen molar-refractivity contribution in [2.24, 2.45) is 0 Å². The highest BCUT2D eigenvalue weighted by Gasteiger charge is 2.23.